The number of fused-ring (bicyclic) bond motifs is 14. The maximum atomic E-state index is 13.5. The minimum Gasteiger partial charge on any atom is -0.462 e. The second-order valence-electron chi connectivity index (χ2n) is 14.3. The fourth-order valence-electron chi connectivity index (χ4n) is 11.7. The molecule has 0 N–H and O–H groups in total. The third-order valence-electron chi connectivity index (χ3n) is 12.9. The maximum absolute atomic E-state index is 13.5. The molecule has 0 aliphatic heterocycles. The van der Waals surface area contributed by atoms with Gasteiger partial charge in [0.2, 0.25) is 0 Å². The van der Waals surface area contributed by atoms with Crippen LogP contribution in [0.4, 0.5) is 0 Å². The van der Waals surface area contributed by atoms with Crippen LogP contribution in [0.15, 0.2) is 12.2 Å². The molecule has 190 valence electrons. The number of hydrogen-bond donors (Lipinski definition) is 0. The van der Waals surface area contributed by atoms with Crippen LogP contribution in [0.3, 0.4) is 0 Å². The fraction of sp³-hybridized carbons (Fsp3) is 0.871. The smallest absolute Gasteiger partial charge is 0.309 e. The predicted octanol–water partition coefficient (Wildman–Crippen LogP) is 5.94. The number of hydrogen-bond acceptors (Lipinski definition) is 4. The average molecular weight is 479 g/mol. The number of esters is 2. The van der Waals surface area contributed by atoms with E-state index in [9.17, 15) is 9.59 Å². The first-order valence-corrected chi connectivity index (χ1v) is 15.1. The second kappa shape index (κ2) is 7.60. The molecule has 13 unspecified atom stereocenters. The molecule has 7 fully saturated rings. The van der Waals surface area contributed by atoms with Crippen LogP contribution < -0.4 is 0 Å². The van der Waals surface area contributed by atoms with E-state index in [0.29, 0.717) is 29.6 Å². The molecule has 8 aliphatic carbocycles. The van der Waals surface area contributed by atoms with Crippen molar-refractivity contribution in [2.75, 3.05) is 0 Å². The van der Waals surface area contributed by atoms with Gasteiger partial charge in [0.1, 0.15) is 11.7 Å². The zero-order chi connectivity index (χ0) is 23.5. The van der Waals surface area contributed by atoms with Crippen molar-refractivity contribution in [2.24, 2.45) is 71.0 Å². The summed E-state index contributed by atoms with van der Waals surface area (Å²) in [6.07, 6.45) is 18.7. The summed E-state index contributed by atoms with van der Waals surface area (Å²) in [7, 11) is 0. The number of ether oxygens (including phenoxy) is 2. The Hall–Kier alpha value is -1.32. The SMILES string of the molecule is CC1(OC(=O)C2CCC3C4CC(CC4OC(=O)C4CC5CC4C4C6C=CC(C6)C54)C23)CCCCC1. The summed E-state index contributed by atoms with van der Waals surface area (Å²) in [6, 6.07) is 0. The summed E-state index contributed by atoms with van der Waals surface area (Å²) in [6.45, 7) is 2.15. The van der Waals surface area contributed by atoms with E-state index >= 15 is 0 Å². The molecule has 0 amide bonds. The molecular formula is C31H42O4. The first-order valence-electron chi connectivity index (χ1n) is 15.1. The average Bonchev–Trinajstić information content (AvgIpc) is 3.65. The normalized spacial score (nSPS) is 53.7. The molecule has 8 rings (SSSR count). The third-order valence-corrected chi connectivity index (χ3v) is 12.9. The Kier molecular flexibility index (Phi) is 4.72. The van der Waals surface area contributed by atoms with E-state index in [2.05, 4.69) is 19.1 Å². The van der Waals surface area contributed by atoms with Gasteiger partial charge < -0.3 is 9.47 Å². The lowest BCUT2D eigenvalue weighted by Crippen LogP contribution is -2.41. The van der Waals surface area contributed by atoms with E-state index in [0.717, 1.165) is 74.5 Å². The summed E-state index contributed by atoms with van der Waals surface area (Å²) in [4.78, 5) is 26.7. The van der Waals surface area contributed by atoms with Gasteiger partial charge in [-0.15, -0.1) is 0 Å². The highest BCUT2D eigenvalue weighted by atomic mass is 16.6. The van der Waals surface area contributed by atoms with Gasteiger partial charge in [0.05, 0.1) is 11.8 Å². The number of carbonyl (C=O) groups is 2. The molecule has 35 heavy (non-hydrogen) atoms. The topological polar surface area (TPSA) is 52.6 Å². The van der Waals surface area contributed by atoms with Gasteiger partial charge >= 0.3 is 11.9 Å². The first kappa shape index (κ1) is 21.7. The van der Waals surface area contributed by atoms with Gasteiger partial charge in [-0.1, -0.05) is 18.6 Å². The highest BCUT2D eigenvalue weighted by molar-refractivity contribution is 5.75. The summed E-state index contributed by atoms with van der Waals surface area (Å²) in [5.74, 6) is 7.03. The highest BCUT2D eigenvalue weighted by Crippen LogP contribution is 2.67. The van der Waals surface area contributed by atoms with Crippen molar-refractivity contribution >= 4 is 11.9 Å². The molecule has 0 saturated heterocycles. The van der Waals surface area contributed by atoms with E-state index in [1.165, 1.54) is 32.1 Å². The minimum atomic E-state index is -0.239. The summed E-state index contributed by atoms with van der Waals surface area (Å²) < 4.78 is 12.6. The Labute approximate surface area is 210 Å². The Morgan fingerprint density at radius 2 is 1.46 bits per heavy atom. The lowest BCUT2D eigenvalue weighted by atomic mass is 9.69. The van der Waals surface area contributed by atoms with E-state index < -0.39 is 0 Å². The van der Waals surface area contributed by atoms with Crippen LogP contribution in [0.25, 0.3) is 0 Å². The summed E-state index contributed by atoms with van der Waals surface area (Å²) in [5.41, 5.74) is -0.239. The maximum Gasteiger partial charge on any atom is 0.309 e. The van der Waals surface area contributed by atoms with Crippen molar-refractivity contribution in [1.29, 1.82) is 0 Å². The summed E-state index contributed by atoms with van der Waals surface area (Å²) in [5, 5.41) is 0. The minimum absolute atomic E-state index is 0.0822. The Morgan fingerprint density at radius 3 is 2.29 bits per heavy atom. The molecule has 0 spiro atoms. The van der Waals surface area contributed by atoms with Gasteiger partial charge in [-0.3, -0.25) is 9.59 Å². The number of rotatable bonds is 4. The quantitative estimate of drug-likeness (QED) is 0.285. The molecule has 0 aromatic rings. The molecule has 13 atom stereocenters. The van der Waals surface area contributed by atoms with Gasteiger partial charge in [-0.2, -0.15) is 0 Å². The van der Waals surface area contributed by atoms with Gasteiger partial charge in [-0.25, -0.2) is 0 Å². The molecule has 7 saturated carbocycles. The largest absolute Gasteiger partial charge is 0.462 e. The van der Waals surface area contributed by atoms with Crippen molar-refractivity contribution in [2.45, 2.75) is 95.7 Å². The summed E-state index contributed by atoms with van der Waals surface area (Å²) >= 11 is 0. The Morgan fingerprint density at radius 1 is 0.714 bits per heavy atom. The molecular weight excluding hydrogens is 436 g/mol. The van der Waals surface area contributed by atoms with Crippen molar-refractivity contribution in [1.82, 2.24) is 0 Å². The molecule has 6 bridgehead atoms. The van der Waals surface area contributed by atoms with Crippen molar-refractivity contribution < 1.29 is 19.1 Å². The first-order chi connectivity index (χ1) is 17.0. The monoisotopic (exact) mass is 478 g/mol. The third kappa shape index (κ3) is 3.10. The molecule has 0 radical (unpaired) electrons. The lowest BCUT2D eigenvalue weighted by molar-refractivity contribution is -0.170. The molecule has 4 heteroatoms. The highest BCUT2D eigenvalue weighted by Gasteiger charge is 2.64. The zero-order valence-corrected chi connectivity index (χ0v) is 21.3. The number of allylic oxidation sites excluding steroid dienone is 2. The fourth-order valence-corrected chi connectivity index (χ4v) is 11.7. The molecule has 0 aromatic carbocycles. The van der Waals surface area contributed by atoms with Crippen LogP contribution in [-0.2, 0) is 19.1 Å². The van der Waals surface area contributed by atoms with Gasteiger partial charge in [0.25, 0.3) is 0 Å². The van der Waals surface area contributed by atoms with E-state index in [-0.39, 0.29) is 35.5 Å². The Bertz CT molecular complexity index is 948. The molecule has 8 aliphatic rings. The van der Waals surface area contributed by atoms with Crippen LogP contribution in [0.1, 0.15) is 84.0 Å². The number of carbonyl (C=O) groups excluding carboxylic acids is 2. The van der Waals surface area contributed by atoms with E-state index in [4.69, 9.17) is 9.47 Å². The van der Waals surface area contributed by atoms with Gasteiger partial charge in [0.15, 0.2) is 0 Å². The van der Waals surface area contributed by atoms with Crippen molar-refractivity contribution in [3.05, 3.63) is 12.2 Å². The molecule has 0 heterocycles. The standard InChI is InChI=1S/C31H42O4/c1-31(9-3-2-4-10-31)35-30(33)21-8-7-20-22-12-19(27(20)21)15-25(22)34-29(32)24-14-18-13-23(24)28-17-6-5-16(11-17)26(18)28/h5-6,16-28H,2-4,7-15H2,1H3. The zero-order valence-electron chi connectivity index (χ0n) is 21.3. The van der Waals surface area contributed by atoms with Crippen molar-refractivity contribution in [3.8, 4) is 0 Å². The second-order valence-corrected chi connectivity index (χ2v) is 14.3. The van der Waals surface area contributed by atoms with Crippen LogP contribution >= 0.6 is 0 Å². The van der Waals surface area contributed by atoms with Gasteiger partial charge in [0, 0.05) is 0 Å². The van der Waals surface area contributed by atoms with E-state index in [1.807, 2.05) is 0 Å². The van der Waals surface area contributed by atoms with Crippen LogP contribution in [0.5, 0.6) is 0 Å². The van der Waals surface area contributed by atoms with Crippen LogP contribution in [0.2, 0.25) is 0 Å². The lowest BCUT2D eigenvalue weighted by Gasteiger charge is -2.38. The molecule has 4 nitrogen and oxygen atoms in total. The predicted molar refractivity (Wildman–Crippen MR) is 131 cm³/mol. The Balaban J connectivity index is 0.909. The van der Waals surface area contributed by atoms with E-state index in [1.54, 1.807) is 0 Å². The molecule has 0 aromatic heterocycles. The van der Waals surface area contributed by atoms with Crippen LogP contribution in [-0.4, -0.2) is 23.6 Å². The van der Waals surface area contributed by atoms with Crippen molar-refractivity contribution in [3.63, 3.8) is 0 Å². The van der Waals surface area contributed by atoms with Gasteiger partial charge in [-0.05, 0) is 137 Å². The van der Waals surface area contributed by atoms with Crippen LogP contribution in [0, 0.1) is 71.0 Å².